The molecule has 2 aromatic rings. The molecule has 1 aromatic heterocycles. The molecule has 0 fully saturated rings. The number of nitrogens with one attached hydrogen (secondary N) is 1. The van der Waals surface area contributed by atoms with Crippen molar-refractivity contribution in [1.82, 2.24) is 14.8 Å². The zero-order valence-corrected chi connectivity index (χ0v) is 15.5. The van der Waals surface area contributed by atoms with E-state index in [1.165, 1.54) is 0 Å². The lowest BCUT2D eigenvalue weighted by molar-refractivity contribution is 0.177. The van der Waals surface area contributed by atoms with Crippen LogP contribution < -0.4 is 5.69 Å². The Labute approximate surface area is 137 Å². The summed E-state index contributed by atoms with van der Waals surface area (Å²) in [6.45, 7) is 11.1. The molecule has 0 aliphatic carbocycles. The van der Waals surface area contributed by atoms with Crippen molar-refractivity contribution in [2.24, 2.45) is 0 Å². The zero-order chi connectivity index (χ0) is 16.8. The maximum absolute atomic E-state index is 12.2. The molecule has 0 amide bonds. The van der Waals surface area contributed by atoms with E-state index in [0.29, 0.717) is 0 Å². The average Bonchev–Trinajstić information content (AvgIpc) is 3.01. The van der Waals surface area contributed by atoms with Gasteiger partial charge in [0.15, 0.2) is 14.1 Å². The summed E-state index contributed by atoms with van der Waals surface area (Å²) in [5, 5.41) is 6.95. The van der Waals surface area contributed by atoms with Gasteiger partial charge in [-0.15, -0.1) is 0 Å². The molecule has 1 aromatic carbocycles. The number of nitrogens with zero attached hydrogens (tertiary/aromatic N) is 2. The molecule has 1 aliphatic heterocycles. The van der Waals surface area contributed by atoms with Crippen LogP contribution in [-0.2, 0) is 4.43 Å². The predicted molar refractivity (Wildman–Crippen MR) is 93.1 cm³/mol. The number of fused-ring (bicyclic) bond motifs is 1. The van der Waals surface area contributed by atoms with E-state index in [1.807, 2.05) is 18.2 Å². The van der Waals surface area contributed by atoms with Crippen LogP contribution in [0.15, 0.2) is 35.1 Å². The fourth-order valence-corrected chi connectivity index (χ4v) is 4.12. The van der Waals surface area contributed by atoms with E-state index in [-0.39, 0.29) is 22.9 Å². The van der Waals surface area contributed by atoms with Crippen LogP contribution in [0.5, 0.6) is 0 Å². The van der Waals surface area contributed by atoms with Crippen molar-refractivity contribution >= 4 is 8.32 Å². The Hall–Kier alpha value is -1.66. The Balaban J connectivity index is 1.96. The summed E-state index contributed by atoms with van der Waals surface area (Å²) in [5.74, 6) is 0.730. The van der Waals surface area contributed by atoms with Crippen LogP contribution in [0.25, 0.3) is 0 Å². The van der Waals surface area contributed by atoms with Crippen molar-refractivity contribution in [2.45, 2.75) is 57.5 Å². The van der Waals surface area contributed by atoms with E-state index in [9.17, 15) is 4.79 Å². The van der Waals surface area contributed by atoms with Gasteiger partial charge in [0.25, 0.3) is 0 Å². The highest BCUT2D eigenvalue weighted by Gasteiger charge is 2.44. The highest BCUT2D eigenvalue weighted by Crippen LogP contribution is 2.44. The van der Waals surface area contributed by atoms with Gasteiger partial charge in [-0.1, -0.05) is 51.1 Å². The second-order valence-electron chi connectivity index (χ2n) is 7.79. The van der Waals surface area contributed by atoms with Crippen LogP contribution in [-0.4, -0.2) is 23.1 Å². The number of H-pyrrole nitrogens is 1. The third-order valence-electron chi connectivity index (χ3n) is 5.20. The maximum Gasteiger partial charge on any atom is 0.343 e. The molecule has 2 unspecified atom stereocenters. The van der Waals surface area contributed by atoms with Crippen LogP contribution >= 0.6 is 0 Å². The SMILES string of the molecule is CC(C)(C)[Si](C)(C)OC1CC(c2ccccc2)n2c1n[nH]c2=O. The molecule has 1 aliphatic rings. The molecule has 124 valence electrons. The number of hydrogen-bond donors (Lipinski definition) is 1. The minimum atomic E-state index is -1.93. The zero-order valence-electron chi connectivity index (χ0n) is 14.5. The first-order valence-electron chi connectivity index (χ1n) is 8.10. The van der Waals surface area contributed by atoms with Gasteiger partial charge in [0, 0.05) is 6.42 Å². The Bertz CT molecular complexity index is 743. The Morgan fingerprint density at radius 2 is 1.91 bits per heavy atom. The van der Waals surface area contributed by atoms with Crippen molar-refractivity contribution in [1.29, 1.82) is 0 Å². The third kappa shape index (κ3) is 2.81. The van der Waals surface area contributed by atoms with Gasteiger partial charge in [-0.3, -0.25) is 4.57 Å². The summed E-state index contributed by atoms with van der Waals surface area (Å²) >= 11 is 0. The summed E-state index contributed by atoms with van der Waals surface area (Å²) in [6, 6.07) is 10.1. The summed E-state index contributed by atoms with van der Waals surface area (Å²) in [4.78, 5) is 12.2. The van der Waals surface area contributed by atoms with Crippen molar-refractivity contribution in [3.8, 4) is 0 Å². The fraction of sp³-hybridized carbons (Fsp3) is 0.529. The Morgan fingerprint density at radius 3 is 2.52 bits per heavy atom. The summed E-state index contributed by atoms with van der Waals surface area (Å²) < 4.78 is 8.31. The van der Waals surface area contributed by atoms with E-state index in [1.54, 1.807) is 4.57 Å². The van der Waals surface area contributed by atoms with E-state index in [4.69, 9.17) is 4.43 Å². The second kappa shape index (κ2) is 5.45. The first kappa shape index (κ1) is 16.2. The predicted octanol–water partition coefficient (Wildman–Crippen LogP) is 3.63. The largest absolute Gasteiger partial charge is 0.407 e. The third-order valence-corrected chi connectivity index (χ3v) is 9.68. The van der Waals surface area contributed by atoms with Crippen LogP contribution in [0.3, 0.4) is 0 Å². The van der Waals surface area contributed by atoms with Gasteiger partial charge in [0.1, 0.15) is 6.10 Å². The van der Waals surface area contributed by atoms with Crippen LogP contribution in [0.4, 0.5) is 0 Å². The van der Waals surface area contributed by atoms with Crippen molar-refractivity contribution in [2.75, 3.05) is 0 Å². The Kier molecular flexibility index (Phi) is 3.84. The molecule has 0 bridgehead atoms. The molecule has 0 saturated carbocycles. The van der Waals surface area contributed by atoms with Gasteiger partial charge in [-0.25, -0.2) is 9.89 Å². The molecular weight excluding hydrogens is 306 g/mol. The van der Waals surface area contributed by atoms with Crippen LogP contribution in [0.1, 0.15) is 50.7 Å². The minimum absolute atomic E-state index is 0.00721. The first-order chi connectivity index (χ1) is 10.7. The molecule has 2 heterocycles. The van der Waals surface area contributed by atoms with E-state index < -0.39 is 8.32 Å². The highest BCUT2D eigenvalue weighted by molar-refractivity contribution is 6.74. The van der Waals surface area contributed by atoms with E-state index in [0.717, 1.165) is 17.8 Å². The standard InChI is InChI=1S/C17H25N3O2Si/c1-17(2,3)23(4,5)22-14-11-13(12-9-7-6-8-10-12)20-15(14)18-19-16(20)21/h6-10,13-14H,11H2,1-5H3,(H,19,21). The molecule has 0 radical (unpaired) electrons. The lowest BCUT2D eigenvalue weighted by Crippen LogP contribution is -2.41. The topological polar surface area (TPSA) is 59.9 Å². The molecule has 3 rings (SSSR count). The number of rotatable bonds is 3. The number of benzene rings is 1. The fourth-order valence-electron chi connectivity index (χ4n) is 2.85. The molecule has 0 saturated heterocycles. The van der Waals surface area contributed by atoms with Gasteiger partial charge in [0.05, 0.1) is 6.04 Å². The number of aromatic nitrogens is 3. The molecule has 5 nitrogen and oxygen atoms in total. The van der Waals surface area contributed by atoms with Crippen molar-refractivity contribution in [3.63, 3.8) is 0 Å². The van der Waals surface area contributed by atoms with E-state index >= 15 is 0 Å². The Morgan fingerprint density at radius 1 is 1.26 bits per heavy atom. The molecular formula is C17H25N3O2Si. The van der Waals surface area contributed by atoms with Gasteiger partial charge in [-0.2, -0.15) is 5.10 Å². The van der Waals surface area contributed by atoms with Gasteiger partial charge in [-0.05, 0) is 23.7 Å². The normalized spacial score (nSPS) is 21.4. The smallest absolute Gasteiger partial charge is 0.343 e. The molecule has 2 atom stereocenters. The summed E-state index contributed by atoms with van der Waals surface area (Å²) in [6.07, 6.45) is 0.642. The quantitative estimate of drug-likeness (QED) is 0.874. The first-order valence-corrected chi connectivity index (χ1v) is 11.0. The highest BCUT2D eigenvalue weighted by atomic mass is 28.4. The molecule has 6 heteroatoms. The summed E-state index contributed by atoms with van der Waals surface area (Å²) in [7, 11) is -1.93. The second-order valence-corrected chi connectivity index (χ2v) is 12.5. The van der Waals surface area contributed by atoms with Gasteiger partial charge >= 0.3 is 5.69 Å². The van der Waals surface area contributed by atoms with Crippen molar-refractivity contribution < 1.29 is 4.43 Å². The van der Waals surface area contributed by atoms with Gasteiger partial charge in [0.2, 0.25) is 0 Å². The number of hydrogen-bond acceptors (Lipinski definition) is 3. The number of aromatic amines is 1. The van der Waals surface area contributed by atoms with Gasteiger partial charge < -0.3 is 4.43 Å². The monoisotopic (exact) mass is 331 g/mol. The minimum Gasteiger partial charge on any atom is -0.407 e. The summed E-state index contributed by atoms with van der Waals surface area (Å²) in [5.41, 5.74) is 0.966. The van der Waals surface area contributed by atoms with Crippen LogP contribution in [0.2, 0.25) is 18.1 Å². The molecule has 23 heavy (non-hydrogen) atoms. The average molecular weight is 331 g/mol. The molecule has 1 N–H and O–H groups in total. The van der Waals surface area contributed by atoms with Crippen LogP contribution in [0, 0.1) is 0 Å². The van der Waals surface area contributed by atoms with Crippen molar-refractivity contribution in [3.05, 3.63) is 52.2 Å². The maximum atomic E-state index is 12.2. The lowest BCUT2D eigenvalue weighted by Gasteiger charge is -2.38. The van der Waals surface area contributed by atoms with E-state index in [2.05, 4.69) is 56.2 Å². The molecule has 0 spiro atoms. The lowest BCUT2D eigenvalue weighted by atomic mass is 10.0.